The summed E-state index contributed by atoms with van der Waals surface area (Å²) < 4.78 is 0. The lowest BCUT2D eigenvalue weighted by molar-refractivity contribution is -0.384. The van der Waals surface area contributed by atoms with Crippen molar-refractivity contribution in [3.63, 3.8) is 0 Å². The van der Waals surface area contributed by atoms with Gasteiger partial charge in [0, 0.05) is 22.2 Å². The van der Waals surface area contributed by atoms with Crippen molar-refractivity contribution >= 4 is 23.6 Å². The largest absolute Gasteiger partial charge is 0.298 e. The number of benzene rings is 2. The Bertz CT molecular complexity index is 625. The number of carbonyl (C=O) groups is 1. The van der Waals surface area contributed by atoms with Crippen LogP contribution < -0.4 is 0 Å². The molecule has 2 rings (SSSR count). The molecule has 0 radical (unpaired) electrons. The predicted molar refractivity (Wildman–Crippen MR) is 68.9 cm³/mol. The molecular formula is C13H8ClNO3. The first kappa shape index (κ1) is 12.3. The maximum atomic E-state index is 11.0. The Morgan fingerprint density at radius 1 is 1.11 bits per heavy atom. The highest BCUT2D eigenvalue weighted by molar-refractivity contribution is 6.33. The molecule has 0 heterocycles. The molecule has 90 valence electrons. The summed E-state index contributed by atoms with van der Waals surface area (Å²) in [7, 11) is 0. The fourth-order valence-corrected chi connectivity index (χ4v) is 1.92. The first-order valence-corrected chi connectivity index (χ1v) is 5.50. The van der Waals surface area contributed by atoms with Crippen LogP contribution >= 0.6 is 11.6 Å². The van der Waals surface area contributed by atoms with Gasteiger partial charge in [-0.05, 0) is 12.1 Å². The Morgan fingerprint density at radius 2 is 1.83 bits per heavy atom. The Labute approximate surface area is 108 Å². The van der Waals surface area contributed by atoms with Crippen LogP contribution in [0.4, 0.5) is 5.69 Å². The van der Waals surface area contributed by atoms with Crippen molar-refractivity contribution in [1.82, 2.24) is 0 Å². The number of halogens is 1. The average molecular weight is 262 g/mol. The fourth-order valence-electron chi connectivity index (χ4n) is 1.68. The van der Waals surface area contributed by atoms with Crippen LogP contribution in [-0.4, -0.2) is 11.2 Å². The molecule has 0 aromatic heterocycles. The second-order valence-electron chi connectivity index (χ2n) is 3.63. The summed E-state index contributed by atoms with van der Waals surface area (Å²) in [6, 6.07) is 11.2. The smallest absolute Gasteiger partial charge is 0.277 e. The molecule has 0 aliphatic heterocycles. The van der Waals surface area contributed by atoms with E-state index < -0.39 is 4.92 Å². The van der Waals surface area contributed by atoms with Crippen molar-refractivity contribution in [2.45, 2.75) is 0 Å². The third-order valence-corrected chi connectivity index (χ3v) is 2.85. The van der Waals surface area contributed by atoms with Crippen LogP contribution in [0.1, 0.15) is 10.4 Å². The van der Waals surface area contributed by atoms with Crippen LogP contribution in [-0.2, 0) is 0 Å². The number of carbonyl (C=O) groups excluding carboxylic acids is 1. The van der Waals surface area contributed by atoms with E-state index in [-0.39, 0.29) is 11.3 Å². The maximum absolute atomic E-state index is 11.0. The quantitative estimate of drug-likeness (QED) is 0.480. The second kappa shape index (κ2) is 4.98. The van der Waals surface area contributed by atoms with Gasteiger partial charge in [-0.25, -0.2) is 0 Å². The van der Waals surface area contributed by atoms with E-state index in [2.05, 4.69) is 0 Å². The van der Waals surface area contributed by atoms with Gasteiger partial charge >= 0.3 is 0 Å². The summed E-state index contributed by atoms with van der Waals surface area (Å²) in [6.45, 7) is 0. The van der Waals surface area contributed by atoms with Gasteiger partial charge < -0.3 is 0 Å². The normalized spacial score (nSPS) is 10.1. The molecule has 4 nitrogen and oxygen atoms in total. The first-order valence-electron chi connectivity index (χ1n) is 5.12. The van der Waals surface area contributed by atoms with Crippen molar-refractivity contribution in [3.05, 3.63) is 63.2 Å². The standard InChI is InChI=1S/C13H8ClNO3/c14-12-4-2-1-3-10(12)11-6-5-9(8-16)7-13(11)15(17)18/h1-8H. The zero-order chi connectivity index (χ0) is 13.1. The highest BCUT2D eigenvalue weighted by Gasteiger charge is 2.17. The second-order valence-corrected chi connectivity index (χ2v) is 4.04. The van der Waals surface area contributed by atoms with E-state index in [1.54, 1.807) is 24.3 Å². The highest BCUT2D eigenvalue weighted by Crippen LogP contribution is 2.34. The van der Waals surface area contributed by atoms with Crippen LogP contribution in [0.15, 0.2) is 42.5 Å². The summed E-state index contributed by atoms with van der Waals surface area (Å²) in [6.07, 6.45) is 0.573. The third kappa shape index (κ3) is 2.24. The zero-order valence-corrected chi connectivity index (χ0v) is 9.92. The van der Waals surface area contributed by atoms with Gasteiger partial charge in [-0.2, -0.15) is 0 Å². The van der Waals surface area contributed by atoms with Gasteiger partial charge in [-0.3, -0.25) is 14.9 Å². The monoisotopic (exact) mass is 261 g/mol. The maximum Gasteiger partial charge on any atom is 0.277 e. The van der Waals surface area contributed by atoms with E-state index >= 15 is 0 Å². The van der Waals surface area contributed by atoms with Crippen LogP contribution in [0.25, 0.3) is 11.1 Å². The number of nitrogens with zero attached hydrogens (tertiary/aromatic N) is 1. The van der Waals surface area contributed by atoms with Crippen LogP contribution in [0, 0.1) is 10.1 Å². The summed E-state index contributed by atoms with van der Waals surface area (Å²) in [5.74, 6) is 0. The highest BCUT2D eigenvalue weighted by atomic mass is 35.5. The van der Waals surface area contributed by atoms with Crippen molar-refractivity contribution in [2.24, 2.45) is 0 Å². The molecule has 0 saturated carbocycles. The molecule has 2 aromatic rings. The first-order chi connectivity index (χ1) is 8.63. The molecule has 0 bridgehead atoms. The molecule has 0 unspecified atom stereocenters. The molecule has 0 atom stereocenters. The van der Waals surface area contributed by atoms with Crippen LogP contribution in [0.2, 0.25) is 5.02 Å². The minimum Gasteiger partial charge on any atom is -0.298 e. The molecular weight excluding hydrogens is 254 g/mol. The number of nitro groups is 1. The Kier molecular flexibility index (Phi) is 3.39. The van der Waals surface area contributed by atoms with Gasteiger partial charge in [0.25, 0.3) is 5.69 Å². The number of nitro benzene ring substituents is 1. The summed E-state index contributed by atoms with van der Waals surface area (Å²) in [4.78, 5) is 21.1. The topological polar surface area (TPSA) is 60.2 Å². The molecule has 5 heteroatoms. The van der Waals surface area contributed by atoms with Gasteiger partial charge in [0.1, 0.15) is 6.29 Å². The fraction of sp³-hybridized carbons (Fsp3) is 0. The SMILES string of the molecule is O=Cc1ccc(-c2ccccc2Cl)c([N+](=O)[O-])c1. The Balaban J connectivity index is 2.68. The summed E-state index contributed by atoms with van der Waals surface area (Å²) in [5.41, 5.74) is 1.10. The molecule has 0 N–H and O–H groups in total. The van der Waals surface area contributed by atoms with E-state index in [0.717, 1.165) is 0 Å². The third-order valence-electron chi connectivity index (χ3n) is 2.52. The van der Waals surface area contributed by atoms with Crippen molar-refractivity contribution in [3.8, 4) is 11.1 Å². The van der Waals surface area contributed by atoms with Crippen molar-refractivity contribution in [2.75, 3.05) is 0 Å². The predicted octanol–water partition coefficient (Wildman–Crippen LogP) is 3.73. The minimum absolute atomic E-state index is 0.132. The Morgan fingerprint density at radius 3 is 2.44 bits per heavy atom. The summed E-state index contributed by atoms with van der Waals surface area (Å²) >= 11 is 6.02. The van der Waals surface area contributed by atoms with Crippen LogP contribution in [0.5, 0.6) is 0 Å². The molecule has 0 saturated heterocycles. The molecule has 0 aliphatic carbocycles. The summed E-state index contributed by atoms with van der Waals surface area (Å²) in [5, 5.41) is 11.5. The molecule has 18 heavy (non-hydrogen) atoms. The van der Waals surface area contributed by atoms with E-state index in [1.807, 2.05) is 0 Å². The number of rotatable bonds is 3. The molecule has 2 aromatic carbocycles. The van der Waals surface area contributed by atoms with Gasteiger partial charge in [0.05, 0.1) is 10.5 Å². The molecule has 0 aliphatic rings. The Hall–Kier alpha value is -2.20. The van der Waals surface area contributed by atoms with Crippen molar-refractivity contribution in [1.29, 1.82) is 0 Å². The lowest BCUT2D eigenvalue weighted by Gasteiger charge is -2.05. The van der Waals surface area contributed by atoms with E-state index in [4.69, 9.17) is 11.6 Å². The van der Waals surface area contributed by atoms with Crippen molar-refractivity contribution < 1.29 is 9.72 Å². The van der Waals surface area contributed by atoms with E-state index in [9.17, 15) is 14.9 Å². The van der Waals surface area contributed by atoms with Gasteiger partial charge in [0.2, 0.25) is 0 Å². The van der Waals surface area contributed by atoms with Gasteiger partial charge in [-0.1, -0.05) is 35.9 Å². The zero-order valence-electron chi connectivity index (χ0n) is 9.17. The van der Waals surface area contributed by atoms with Gasteiger partial charge in [-0.15, -0.1) is 0 Å². The van der Waals surface area contributed by atoms with E-state index in [0.29, 0.717) is 22.4 Å². The van der Waals surface area contributed by atoms with Crippen LogP contribution in [0.3, 0.4) is 0 Å². The number of hydrogen-bond acceptors (Lipinski definition) is 3. The molecule has 0 fully saturated rings. The van der Waals surface area contributed by atoms with E-state index in [1.165, 1.54) is 18.2 Å². The van der Waals surface area contributed by atoms with Gasteiger partial charge in [0.15, 0.2) is 0 Å². The lowest BCUT2D eigenvalue weighted by Crippen LogP contribution is -1.94. The lowest BCUT2D eigenvalue weighted by atomic mass is 10.0. The average Bonchev–Trinajstić information content (AvgIpc) is 2.38. The number of hydrogen-bond donors (Lipinski definition) is 0. The molecule has 0 spiro atoms. The minimum atomic E-state index is -0.522. The molecule has 0 amide bonds. The number of aldehydes is 1.